The molecule has 21 heavy (non-hydrogen) atoms. The van der Waals surface area contributed by atoms with Gasteiger partial charge in [-0.05, 0) is 58.4 Å². The molecule has 3 nitrogen and oxygen atoms in total. The summed E-state index contributed by atoms with van der Waals surface area (Å²) in [4.78, 5) is 4.69. The van der Waals surface area contributed by atoms with Crippen LogP contribution in [-0.4, -0.2) is 9.97 Å². The molecule has 0 radical (unpaired) electrons. The Hall–Kier alpha value is -1.98. The van der Waals surface area contributed by atoms with Crippen molar-refractivity contribution in [2.45, 2.75) is 0 Å². The van der Waals surface area contributed by atoms with Crippen LogP contribution in [0, 0.1) is 0 Å². The van der Waals surface area contributed by atoms with Crippen LogP contribution < -0.4 is 11.1 Å². The fraction of sp³-hybridized carbons (Fsp3) is 0. The molecule has 0 fully saturated rings. The molecule has 0 saturated heterocycles. The van der Waals surface area contributed by atoms with Gasteiger partial charge in [-0.2, -0.15) is 0 Å². The van der Waals surface area contributed by atoms with Gasteiger partial charge in [-0.3, -0.25) is 4.98 Å². The molecule has 1 aromatic heterocycles. The number of rotatable bonds is 3. The third-order valence-electron chi connectivity index (χ3n) is 3.13. The second kappa shape index (κ2) is 5.79. The minimum absolute atomic E-state index is 0.380. The Kier molecular flexibility index (Phi) is 3.86. The van der Waals surface area contributed by atoms with E-state index in [0.29, 0.717) is 4.99 Å². The van der Waals surface area contributed by atoms with E-state index in [1.807, 2.05) is 42.5 Å². The standard InChI is InChI=1S/C16H12BrN3S/c17-14-9-12(3-5-13(14)16(18)21)20-11-4-6-15-10(8-11)2-1-7-19-15/h1-9,20H,(H2,18,21). The van der Waals surface area contributed by atoms with E-state index in [-0.39, 0.29) is 0 Å². The van der Waals surface area contributed by atoms with E-state index in [1.165, 1.54) is 0 Å². The monoisotopic (exact) mass is 357 g/mol. The molecular weight excluding hydrogens is 346 g/mol. The Bertz CT molecular complexity index is 833. The number of anilines is 2. The summed E-state index contributed by atoms with van der Waals surface area (Å²) >= 11 is 8.48. The number of benzene rings is 2. The molecule has 3 aromatic rings. The Labute approximate surface area is 136 Å². The normalized spacial score (nSPS) is 10.5. The Morgan fingerprint density at radius 1 is 1.10 bits per heavy atom. The maximum absolute atomic E-state index is 5.65. The molecule has 0 aliphatic carbocycles. The van der Waals surface area contributed by atoms with Crippen molar-refractivity contribution in [3.63, 3.8) is 0 Å². The predicted octanol–water partition coefficient (Wildman–Crippen LogP) is 4.38. The smallest absolute Gasteiger partial charge is 0.105 e. The number of halogens is 1. The van der Waals surface area contributed by atoms with Crippen LogP contribution in [0.1, 0.15) is 5.56 Å². The number of fused-ring (bicyclic) bond motifs is 1. The highest BCUT2D eigenvalue weighted by Gasteiger charge is 2.04. The molecule has 0 unspecified atom stereocenters. The molecule has 0 aliphatic rings. The van der Waals surface area contributed by atoms with E-state index >= 15 is 0 Å². The van der Waals surface area contributed by atoms with Crippen molar-refractivity contribution in [1.82, 2.24) is 4.98 Å². The van der Waals surface area contributed by atoms with E-state index in [9.17, 15) is 0 Å². The van der Waals surface area contributed by atoms with Gasteiger partial charge in [0, 0.05) is 33.0 Å². The molecule has 104 valence electrons. The van der Waals surface area contributed by atoms with Crippen molar-refractivity contribution in [2.75, 3.05) is 5.32 Å². The van der Waals surface area contributed by atoms with Gasteiger partial charge >= 0.3 is 0 Å². The fourth-order valence-corrected chi connectivity index (χ4v) is 3.01. The van der Waals surface area contributed by atoms with Crippen molar-refractivity contribution in [2.24, 2.45) is 5.73 Å². The third kappa shape index (κ3) is 3.04. The molecule has 0 aliphatic heterocycles. The van der Waals surface area contributed by atoms with E-state index < -0.39 is 0 Å². The SMILES string of the molecule is NC(=S)c1ccc(Nc2ccc3ncccc3c2)cc1Br. The average molecular weight is 358 g/mol. The molecule has 0 spiro atoms. The number of pyridine rings is 1. The molecule has 5 heteroatoms. The molecule has 3 rings (SSSR count). The summed E-state index contributed by atoms with van der Waals surface area (Å²) in [6.07, 6.45) is 1.79. The summed E-state index contributed by atoms with van der Waals surface area (Å²) < 4.78 is 0.877. The highest BCUT2D eigenvalue weighted by molar-refractivity contribution is 9.10. The summed E-state index contributed by atoms with van der Waals surface area (Å²) in [5.74, 6) is 0. The molecule has 1 heterocycles. The van der Waals surface area contributed by atoms with E-state index in [2.05, 4.69) is 32.3 Å². The van der Waals surface area contributed by atoms with Crippen molar-refractivity contribution in [3.05, 3.63) is 64.8 Å². The first-order chi connectivity index (χ1) is 10.1. The topological polar surface area (TPSA) is 50.9 Å². The molecule has 3 N–H and O–H groups in total. The number of nitrogens with two attached hydrogens (primary N) is 1. The van der Waals surface area contributed by atoms with E-state index in [1.54, 1.807) is 6.20 Å². The fourth-order valence-electron chi connectivity index (χ4n) is 2.11. The number of aromatic nitrogens is 1. The molecule has 2 aromatic carbocycles. The van der Waals surface area contributed by atoms with Gasteiger partial charge in [-0.15, -0.1) is 0 Å². The van der Waals surface area contributed by atoms with Gasteiger partial charge in [0.2, 0.25) is 0 Å². The van der Waals surface area contributed by atoms with Gasteiger partial charge in [0.15, 0.2) is 0 Å². The zero-order chi connectivity index (χ0) is 14.8. The number of nitrogens with zero attached hydrogens (tertiary/aromatic N) is 1. The van der Waals surface area contributed by atoms with Gasteiger partial charge < -0.3 is 11.1 Å². The average Bonchev–Trinajstić information content (AvgIpc) is 2.47. The largest absolute Gasteiger partial charge is 0.389 e. The van der Waals surface area contributed by atoms with Gasteiger partial charge in [0.25, 0.3) is 0 Å². The van der Waals surface area contributed by atoms with Crippen LogP contribution >= 0.6 is 28.1 Å². The van der Waals surface area contributed by atoms with Gasteiger partial charge in [-0.1, -0.05) is 18.3 Å². The maximum Gasteiger partial charge on any atom is 0.105 e. The second-order valence-corrected chi connectivity index (χ2v) is 5.89. The van der Waals surface area contributed by atoms with Crippen molar-refractivity contribution in [3.8, 4) is 0 Å². The van der Waals surface area contributed by atoms with Crippen LogP contribution in [0.3, 0.4) is 0 Å². The third-order valence-corrected chi connectivity index (χ3v) is 4.00. The minimum atomic E-state index is 0.380. The lowest BCUT2D eigenvalue weighted by molar-refractivity contribution is 1.41. The molecule has 0 saturated carbocycles. The maximum atomic E-state index is 5.65. The first-order valence-corrected chi connectivity index (χ1v) is 7.55. The second-order valence-electron chi connectivity index (χ2n) is 4.59. The Balaban J connectivity index is 1.91. The minimum Gasteiger partial charge on any atom is -0.389 e. The van der Waals surface area contributed by atoms with Crippen LogP contribution in [0.2, 0.25) is 0 Å². The van der Waals surface area contributed by atoms with Crippen LogP contribution in [-0.2, 0) is 0 Å². The van der Waals surface area contributed by atoms with Crippen LogP contribution in [0.15, 0.2) is 59.2 Å². The van der Waals surface area contributed by atoms with E-state index in [4.69, 9.17) is 18.0 Å². The number of hydrogen-bond acceptors (Lipinski definition) is 3. The quantitative estimate of drug-likeness (QED) is 0.683. The first kappa shape index (κ1) is 14.0. The highest BCUT2D eigenvalue weighted by Crippen LogP contribution is 2.25. The van der Waals surface area contributed by atoms with Crippen LogP contribution in [0.5, 0.6) is 0 Å². The lowest BCUT2D eigenvalue weighted by atomic mass is 10.1. The van der Waals surface area contributed by atoms with Gasteiger partial charge in [0.1, 0.15) is 4.99 Å². The van der Waals surface area contributed by atoms with Crippen molar-refractivity contribution < 1.29 is 0 Å². The summed E-state index contributed by atoms with van der Waals surface area (Å²) in [6.45, 7) is 0. The van der Waals surface area contributed by atoms with Crippen molar-refractivity contribution in [1.29, 1.82) is 0 Å². The summed E-state index contributed by atoms with van der Waals surface area (Å²) in [7, 11) is 0. The number of nitrogens with one attached hydrogen (secondary N) is 1. The predicted molar refractivity (Wildman–Crippen MR) is 95.1 cm³/mol. The first-order valence-electron chi connectivity index (χ1n) is 6.34. The molecular formula is C16H12BrN3S. The zero-order valence-corrected chi connectivity index (χ0v) is 13.4. The Morgan fingerprint density at radius 2 is 1.86 bits per heavy atom. The Morgan fingerprint density at radius 3 is 2.62 bits per heavy atom. The van der Waals surface area contributed by atoms with Gasteiger partial charge in [-0.25, -0.2) is 0 Å². The summed E-state index contributed by atoms with van der Waals surface area (Å²) in [5, 5.41) is 4.46. The van der Waals surface area contributed by atoms with Crippen LogP contribution in [0.25, 0.3) is 10.9 Å². The highest BCUT2D eigenvalue weighted by atomic mass is 79.9. The zero-order valence-electron chi connectivity index (χ0n) is 11.0. The number of hydrogen-bond donors (Lipinski definition) is 2. The molecule has 0 amide bonds. The molecule has 0 atom stereocenters. The lowest BCUT2D eigenvalue weighted by Crippen LogP contribution is -2.10. The number of thiocarbonyl (C=S) groups is 1. The van der Waals surface area contributed by atoms with Crippen LogP contribution in [0.4, 0.5) is 11.4 Å². The molecule has 0 bridgehead atoms. The van der Waals surface area contributed by atoms with E-state index in [0.717, 1.165) is 32.3 Å². The van der Waals surface area contributed by atoms with Gasteiger partial charge in [0.05, 0.1) is 5.52 Å². The summed E-state index contributed by atoms with van der Waals surface area (Å²) in [5.41, 5.74) is 9.43. The summed E-state index contributed by atoms with van der Waals surface area (Å²) in [6, 6.07) is 15.9. The lowest BCUT2D eigenvalue weighted by Gasteiger charge is -2.10. The van der Waals surface area contributed by atoms with Crippen molar-refractivity contribution >= 4 is 55.4 Å².